The molecule has 2 rings (SSSR count). The number of benzene rings is 1. The first-order chi connectivity index (χ1) is 9.19. The van der Waals surface area contributed by atoms with E-state index >= 15 is 0 Å². The lowest BCUT2D eigenvalue weighted by Gasteiger charge is -2.07. The van der Waals surface area contributed by atoms with Crippen LogP contribution in [0.1, 0.15) is 11.1 Å². The summed E-state index contributed by atoms with van der Waals surface area (Å²) in [7, 11) is 0. The van der Waals surface area contributed by atoms with E-state index in [0.29, 0.717) is 17.3 Å². The highest BCUT2D eigenvalue weighted by molar-refractivity contribution is 7.99. The summed E-state index contributed by atoms with van der Waals surface area (Å²) in [6.45, 7) is 0.567. The van der Waals surface area contributed by atoms with Crippen molar-refractivity contribution in [1.29, 1.82) is 5.26 Å². The van der Waals surface area contributed by atoms with Gasteiger partial charge in [0.15, 0.2) is 5.16 Å². The number of carbonyl (C=O) groups is 1. The average molecular weight is 273 g/mol. The molecule has 0 bridgehead atoms. The van der Waals surface area contributed by atoms with Gasteiger partial charge < -0.3 is 9.67 Å². The van der Waals surface area contributed by atoms with Gasteiger partial charge >= 0.3 is 5.97 Å². The van der Waals surface area contributed by atoms with Crippen molar-refractivity contribution in [3.05, 3.63) is 47.8 Å². The van der Waals surface area contributed by atoms with Crippen molar-refractivity contribution < 1.29 is 9.90 Å². The summed E-state index contributed by atoms with van der Waals surface area (Å²) < 4.78 is 1.87. The topological polar surface area (TPSA) is 78.9 Å². The van der Waals surface area contributed by atoms with Crippen LogP contribution < -0.4 is 0 Å². The molecule has 1 N–H and O–H groups in total. The lowest BCUT2D eigenvalue weighted by molar-refractivity contribution is -0.133. The lowest BCUT2D eigenvalue weighted by Crippen LogP contribution is -2.03. The van der Waals surface area contributed by atoms with Crippen molar-refractivity contribution in [2.75, 3.05) is 5.75 Å². The molecular weight excluding hydrogens is 262 g/mol. The number of hydrogen-bond acceptors (Lipinski definition) is 4. The van der Waals surface area contributed by atoms with Gasteiger partial charge in [0.25, 0.3) is 0 Å². The molecule has 2 aromatic rings. The van der Waals surface area contributed by atoms with Crippen LogP contribution in [0.3, 0.4) is 0 Å². The third kappa shape index (κ3) is 3.60. The standard InChI is InChI=1S/C13H11N3O2S/c14-7-10-2-1-3-11(6-10)8-16-5-4-15-13(16)19-9-12(17)18/h1-6H,8-9H2,(H,17,18). The minimum Gasteiger partial charge on any atom is -0.481 e. The minimum absolute atomic E-state index is 0.0186. The minimum atomic E-state index is -0.869. The van der Waals surface area contributed by atoms with Gasteiger partial charge in [-0.25, -0.2) is 4.98 Å². The molecule has 0 amide bonds. The first-order valence-electron chi connectivity index (χ1n) is 5.54. The zero-order valence-corrected chi connectivity index (χ0v) is 10.8. The summed E-state index contributed by atoms with van der Waals surface area (Å²) in [6, 6.07) is 9.40. The summed E-state index contributed by atoms with van der Waals surface area (Å²) in [5, 5.41) is 18.2. The fourth-order valence-electron chi connectivity index (χ4n) is 1.62. The molecule has 0 atom stereocenters. The smallest absolute Gasteiger partial charge is 0.313 e. The number of nitrogens with zero attached hydrogens (tertiary/aromatic N) is 3. The Morgan fingerprint density at radius 2 is 2.37 bits per heavy atom. The number of aromatic nitrogens is 2. The van der Waals surface area contributed by atoms with Crippen LogP contribution in [0.2, 0.25) is 0 Å². The van der Waals surface area contributed by atoms with Crippen LogP contribution in [0.15, 0.2) is 41.8 Å². The highest BCUT2D eigenvalue weighted by atomic mass is 32.2. The predicted octanol–water partition coefficient (Wildman–Crippen LogP) is 1.98. The van der Waals surface area contributed by atoms with Gasteiger partial charge in [-0.1, -0.05) is 23.9 Å². The van der Waals surface area contributed by atoms with E-state index in [1.54, 1.807) is 18.5 Å². The Bertz CT molecular complexity index is 631. The van der Waals surface area contributed by atoms with Crippen molar-refractivity contribution in [1.82, 2.24) is 9.55 Å². The van der Waals surface area contributed by atoms with E-state index in [2.05, 4.69) is 11.1 Å². The number of thioether (sulfide) groups is 1. The Kier molecular flexibility index (Phi) is 4.21. The second kappa shape index (κ2) is 6.07. The number of aliphatic carboxylic acids is 1. The van der Waals surface area contributed by atoms with Crippen LogP contribution in [0, 0.1) is 11.3 Å². The second-order valence-corrected chi connectivity index (χ2v) is 4.77. The highest BCUT2D eigenvalue weighted by Gasteiger charge is 2.07. The van der Waals surface area contributed by atoms with E-state index in [9.17, 15) is 4.79 Å². The predicted molar refractivity (Wildman–Crippen MR) is 70.8 cm³/mol. The van der Waals surface area contributed by atoms with Gasteiger partial charge in [-0.05, 0) is 17.7 Å². The molecule has 19 heavy (non-hydrogen) atoms. The maximum Gasteiger partial charge on any atom is 0.313 e. The zero-order valence-electron chi connectivity index (χ0n) is 9.98. The first-order valence-corrected chi connectivity index (χ1v) is 6.52. The summed E-state index contributed by atoms with van der Waals surface area (Å²) in [5.41, 5.74) is 1.59. The van der Waals surface area contributed by atoms with E-state index < -0.39 is 5.97 Å². The Hall–Kier alpha value is -2.26. The van der Waals surface area contributed by atoms with Crippen LogP contribution in [-0.4, -0.2) is 26.4 Å². The Morgan fingerprint density at radius 3 is 3.11 bits per heavy atom. The molecule has 0 saturated carbocycles. The van der Waals surface area contributed by atoms with Gasteiger partial charge in [-0.15, -0.1) is 0 Å². The molecule has 0 aliphatic rings. The van der Waals surface area contributed by atoms with Crippen molar-refractivity contribution in [2.45, 2.75) is 11.7 Å². The molecule has 5 nitrogen and oxygen atoms in total. The van der Waals surface area contributed by atoms with E-state index in [4.69, 9.17) is 10.4 Å². The fraction of sp³-hybridized carbons (Fsp3) is 0.154. The molecule has 6 heteroatoms. The highest BCUT2D eigenvalue weighted by Crippen LogP contribution is 2.17. The van der Waals surface area contributed by atoms with E-state index in [0.717, 1.165) is 5.56 Å². The zero-order chi connectivity index (χ0) is 13.7. The Labute approximate surface area is 114 Å². The number of imidazole rings is 1. The lowest BCUT2D eigenvalue weighted by atomic mass is 10.1. The van der Waals surface area contributed by atoms with Crippen LogP contribution >= 0.6 is 11.8 Å². The molecule has 0 fully saturated rings. The second-order valence-electron chi connectivity index (χ2n) is 3.83. The number of carboxylic acid groups (broad SMARTS) is 1. The SMILES string of the molecule is N#Cc1cccc(Cn2ccnc2SCC(=O)O)c1. The largest absolute Gasteiger partial charge is 0.481 e. The maximum atomic E-state index is 10.6. The first kappa shape index (κ1) is 13.2. The van der Waals surface area contributed by atoms with E-state index in [1.165, 1.54) is 11.8 Å². The third-order valence-corrected chi connectivity index (χ3v) is 3.40. The molecule has 0 aliphatic heterocycles. The van der Waals surface area contributed by atoms with Gasteiger partial charge in [0.2, 0.25) is 0 Å². The van der Waals surface area contributed by atoms with Crippen LogP contribution in [0.4, 0.5) is 0 Å². The molecule has 0 saturated heterocycles. The molecule has 1 heterocycles. The molecule has 1 aromatic heterocycles. The molecule has 1 aromatic carbocycles. The van der Waals surface area contributed by atoms with Crippen molar-refractivity contribution in [3.8, 4) is 6.07 Å². The maximum absolute atomic E-state index is 10.6. The Morgan fingerprint density at radius 1 is 1.53 bits per heavy atom. The molecule has 96 valence electrons. The summed E-state index contributed by atoms with van der Waals surface area (Å²) in [5.74, 6) is -0.888. The molecule has 0 aliphatic carbocycles. The average Bonchev–Trinajstić information content (AvgIpc) is 2.84. The van der Waals surface area contributed by atoms with Gasteiger partial charge in [-0.3, -0.25) is 4.79 Å². The molecule has 0 spiro atoms. The monoisotopic (exact) mass is 273 g/mol. The van der Waals surface area contributed by atoms with E-state index in [1.807, 2.05) is 22.8 Å². The van der Waals surface area contributed by atoms with Gasteiger partial charge in [0.05, 0.1) is 17.4 Å². The third-order valence-electron chi connectivity index (χ3n) is 2.41. The van der Waals surface area contributed by atoms with Gasteiger partial charge in [0, 0.05) is 18.9 Å². The quantitative estimate of drug-likeness (QED) is 0.843. The molecular formula is C13H11N3O2S. The van der Waals surface area contributed by atoms with Gasteiger partial charge in [-0.2, -0.15) is 5.26 Å². The summed E-state index contributed by atoms with van der Waals surface area (Å²) in [4.78, 5) is 14.7. The normalized spacial score (nSPS) is 10.1. The molecule has 0 radical (unpaired) electrons. The number of hydrogen-bond donors (Lipinski definition) is 1. The number of nitriles is 1. The van der Waals surface area contributed by atoms with Gasteiger partial charge in [0.1, 0.15) is 0 Å². The van der Waals surface area contributed by atoms with E-state index in [-0.39, 0.29) is 5.75 Å². The van der Waals surface area contributed by atoms with Crippen LogP contribution in [0.25, 0.3) is 0 Å². The van der Waals surface area contributed by atoms with Crippen molar-refractivity contribution in [2.24, 2.45) is 0 Å². The van der Waals surface area contributed by atoms with Crippen molar-refractivity contribution in [3.63, 3.8) is 0 Å². The fourth-order valence-corrected chi connectivity index (χ4v) is 2.30. The summed E-state index contributed by atoms with van der Waals surface area (Å²) in [6.07, 6.45) is 3.43. The molecule has 0 unspecified atom stereocenters. The number of carboxylic acids is 1. The summed E-state index contributed by atoms with van der Waals surface area (Å²) >= 11 is 1.18. The van der Waals surface area contributed by atoms with Crippen LogP contribution in [-0.2, 0) is 11.3 Å². The number of rotatable bonds is 5. The Balaban J connectivity index is 2.12. The van der Waals surface area contributed by atoms with Crippen molar-refractivity contribution >= 4 is 17.7 Å². The van der Waals surface area contributed by atoms with Crippen LogP contribution in [0.5, 0.6) is 0 Å².